The van der Waals surface area contributed by atoms with Gasteiger partial charge in [-0.1, -0.05) is 12.1 Å². The van der Waals surface area contributed by atoms with Crippen LogP contribution in [0.4, 0.5) is 13.2 Å². The monoisotopic (exact) mass is 222 g/mol. The summed E-state index contributed by atoms with van der Waals surface area (Å²) in [7, 11) is 0. The van der Waals surface area contributed by atoms with E-state index >= 15 is 0 Å². The van der Waals surface area contributed by atoms with Crippen LogP contribution in [0, 0.1) is 0 Å². The minimum absolute atomic E-state index is 0.152. The largest absolute Gasteiger partial charge is 0.398 e. The van der Waals surface area contributed by atoms with Gasteiger partial charge in [-0.3, -0.25) is 0 Å². The van der Waals surface area contributed by atoms with Crippen molar-refractivity contribution in [2.24, 2.45) is 0 Å². The van der Waals surface area contributed by atoms with Crippen molar-refractivity contribution in [2.45, 2.75) is 17.7 Å². The standard InChI is InChI=1S/C9H9F3OS/c10-9(11,12)6-14-8-3-1-2-7(4-8)5-13/h1-4,13H,5-6H2. The summed E-state index contributed by atoms with van der Waals surface area (Å²) in [6.45, 7) is -0.152. The zero-order valence-electron chi connectivity index (χ0n) is 7.21. The highest BCUT2D eigenvalue weighted by Crippen LogP contribution is 2.27. The van der Waals surface area contributed by atoms with E-state index in [-0.39, 0.29) is 6.61 Å². The number of halogens is 3. The Hall–Kier alpha value is -0.680. The highest BCUT2D eigenvalue weighted by molar-refractivity contribution is 7.99. The van der Waals surface area contributed by atoms with Gasteiger partial charge in [-0.2, -0.15) is 13.2 Å². The molecule has 1 nitrogen and oxygen atoms in total. The molecule has 0 aromatic heterocycles. The van der Waals surface area contributed by atoms with Crippen LogP contribution in [0.25, 0.3) is 0 Å². The van der Waals surface area contributed by atoms with Gasteiger partial charge in [-0.05, 0) is 17.7 Å². The smallest absolute Gasteiger partial charge is 0.392 e. The maximum atomic E-state index is 11.9. The number of hydrogen-bond donors (Lipinski definition) is 1. The minimum Gasteiger partial charge on any atom is -0.392 e. The molecule has 0 atom stereocenters. The van der Waals surface area contributed by atoms with E-state index in [0.717, 1.165) is 11.8 Å². The summed E-state index contributed by atoms with van der Waals surface area (Å²) < 4.78 is 35.6. The predicted molar refractivity (Wildman–Crippen MR) is 49.1 cm³/mol. The van der Waals surface area contributed by atoms with Gasteiger partial charge in [0.25, 0.3) is 0 Å². The van der Waals surface area contributed by atoms with Gasteiger partial charge < -0.3 is 5.11 Å². The maximum Gasteiger partial charge on any atom is 0.398 e. The molecule has 1 aromatic carbocycles. The van der Waals surface area contributed by atoms with Crippen LogP contribution < -0.4 is 0 Å². The Balaban J connectivity index is 2.59. The van der Waals surface area contributed by atoms with Crippen LogP contribution in [0.3, 0.4) is 0 Å². The van der Waals surface area contributed by atoms with Crippen LogP contribution in [-0.2, 0) is 6.61 Å². The molecule has 0 amide bonds. The van der Waals surface area contributed by atoms with Gasteiger partial charge in [0.2, 0.25) is 0 Å². The third-order valence-corrected chi connectivity index (χ3v) is 2.54. The Kier molecular flexibility index (Phi) is 3.83. The lowest BCUT2D eigenvalue weighted by molar-refractivity contribution is -0.105. The van der Waals surface area contributed by atoms with Crippen molar-refractivity contribution in [3.63, 3.8) is 0 Å². The van der Waals surface area contributed by atoms with Crippen LogP contribution >= 0.6 is 11.8 Å². The van der Waals surface area contributed by atoms with E-state index in [2.05, 4.69) is 0 Å². The Labute approximate surface area is 83.9 Å². The lowest BCUT2D eigenvalue weighted by atomic mass is 10.2. The van der Waals surface area contributed by atoms with Gasteiger partial charge in [0.15, 0.2) is 0 Å². The Morgan fingerprint density at radius 3 is 2.57 bits per heavy atom. The second-order valence-electron chi connectivity index (χ2n) is 2.71. The van der Waals surface area contributed by atoms with Crippen molar-refractivity contribution in [1.29, 1.82) is 0 Å². The first-order chi connectivity index (χ1) is 6.51. The lowest BCUT2D eigenvalue weighted by Crippen LogP contribution is -2.10. The molecule has 0 heterocycles. The molecule has 0 aliphatic rings. The number of benzene rings is 1. The van der Waals surface area contributed by atoms with Crippen molar-refractivity contribution in [1.82, 2.24) is 0 Å². The topological polar surface area (TPSA) is 20.2 Å². The van der Waals surface area contributed by atoms with Gasteiger partial charge in [0, 0.05) is 4.90 Å². The molecule has 1 aromatic rings. The molecule has 0 spiro atoms. The molecule has 1 N–H and O–H groups in total. The van der Waals surface area contributed by atoms with Crippen LogP contribution in [0.2, 0.25) is 0 Å². The number of hydrogen-bond acceptors (Lipinski definition) is 2. The zero-order chi connectivity index (χ0) is 10.6. The molecule has 0 bridgehead atoms. The second kappa shape index (κ2) is 4.70. The molecule has 0 unspecified atom stereocenters. The van der Waals surface area contributed by atoms with Crippen LogP contribution in [0.5, 0.6) is 0 Å². The zero-order valence-corrected chi connectivity index (χ0v) is 8.03. The molecule has 0 fully saturated rings. The fraction of sp³-hybridized carbons (Fsp3) is 0.333. The van der Waals surface area contributed by atoms with Crippen molar-refractivity contribution in [3.8, 4) is 0 Å². The SMILES string of the molecule is OCc1cccc(SCC(F)(F)F)c1. The normalized spacial score (nSPS) is 11.7. The van der Waals surface area contributed by atoms with Gasteiger partial charge in [0.05, 0.1) is 12.4 Å². The summed E-state index contributed by atoms with van der Waals surface area (Å²) in [5.74, 6) is -0.901. The highest BCUT2D eigenvalue weighted by atomic mass is 32.2. The van der Waals surface area contributed by atoms with Gasteiger partial charge in [-0.25, -0.2) is 0 Å². The summed E-state index contributed by atoms with van der Waals surface area (Å²) in [5.41, 5.74) is 0.622. The molecular formula is C9H9F3OS. The molecule has 5 heteroatoms. The first kappa shape index (κ1) is 11.4. The molecule has 78 valence electrons. The fourth-order valence-corrected chi connectivity index (χ4v) is 1.64. The first-order valence-corrected chi connectivity index (χ1v) is 4.89. The molecule has 1 rings (SSSR count). The molecule has 0 radical (unpaired) electrons. The fourth-order valence-electron chi connectivity index (χ4n) is 0.899. The van der Waals surface area contributed by atoms with E-state index in [4.69, 9.17) is 5.11 Å². The summed E-state index contributed by atoms with van der Waals surface area (Å²) in [6.07, 6.45) is -4.15. The van der Waals surface area contributed by atoms with E-state index in [1.165, 1.54) is 0 Å². The predicted octanol–water partition coefficient (Wildman–Crippen LogP) is 2.83. The third-order valence-electron chi connectivity index (χ3n) is 1.48. The van der Waals surface area contributed by atoms with Gasteiger partial charge in [0.1, 0.15) is 0 Å². The third kappa shape index (κ3) is 4.02. The molecule has 0 aliphatic heterocycles. The van der Waals surface area contributed by atoms with E-state index in [1.807, 2.05) is 0 Å². The Morgan fingerprint density at radius 2 is 2.00 bits per heavy atom. The Bertz CT molecular complexity index is 298. The first-order valence-electron chi connectivity index (χ1n) is 3.90. The number of rotatable bonds is 3. The molecule has 14 heavy (non-hydrogen) atoms. The molecular weight excluding hydrogens is 213 g/mol. The van der Waals surface area contributed by atoms with Crippen molar-refractivity contribution < 1.29 is 18.3 Å². The van der Waals surface area contributed by atoms with Crippen LogP contribution in [-0.4, -0.2) is 17.0 Å². The van der Waals surface area contributed by atoms with Crippen molar-refractivity contribution >= 4 is 11.8 Å². The Morgan fingerprint density at radius 1 is 1.29 bits per heavy atom. The van der Waals surface area contributed by atoms with Crippen LogP contribution in [0.15, 0.2) is 29.2 Å². The highest BCUT2D eigenvalue weighted by Gasteiger charge is 2.27. The van der Waals surface area contributed by atoms with E-state index in [0.29, 0.717) is 10.5 Å². The summed E-state index contributed by atoms with van der Waals surface area (Å²) in [5, 5.41) is 8.76. The average molecular weight is 222 g/mol. The quantitative estimate of drug-likeness (QED) is 0.793. The summed E-state index contributed by atoms with van der Waals surface area (Å²) in [4.78, 5) is 0.522. The number of alkyl halides is 3. The minimum atomic E-state index is -4.15. The molecule has 0 aliphatic carbocycles. The van der Waals surface area contributed by atoms with E-state index in [9.17, 15) is 13.2 Å². The summed E-state index contributed by atoms with van der Waals surface area (Å²) >= 11 is 0.721. The van der Waals surface area contributed by atoms with Gasteiger partial charge >= 0.3 is 6.18 Å². The second-order valence-corrected chi connectivity index (χ2v) is 3.76. The maximum absolute atomic E-state index is 11.9. The van der Waals surface area contributed by atoms with Crippen molar-refractivity contribution in [3.05, 3.63) is 29.8 Å². The average Bonchev–Trinajstić information content (AvgIpc) is 2.14. The summed E-state index contributed by atoms with van der Waals surface area (Å²) in [6, 6.07) is 6.44. The van der Waals surface area contributed by atoms with Crippen LogP contribution in [0.1, 0.15) is 5.56 Å². The number of aliphatic hydroxyl groups is 1. The molecule has 0 saturated heterocycles. The molecule has 0 saturated carbocycles. The van der Waals surface area contributed by atoms with Gasteiger partial charge in [-0.15, -0.1) is 11.8 Å². The number of thioether (sulfide) groups is 1. The van der Waals surface area contributed by atoms with Crippen molar-refractivity contribution in [2.75, 3.05) is 5.75 Å². The van der Waals surface area contributed by atoms with E-state index < -0.39 is 11.9 Å². The van der Waals surface area contributed by atoms with E-state index in [1.54, 1.807) is 24.3 Å². The number of aliphatic hydroxyl groups excluding tert-OH is 1. The lowest BCUT2D eigenvalue weighted by Gasteiger charge is -2.06.